The van der Waals surface area contributed by atoms with Crippen LogP contribution in [-0.4, -0.2) is 42.1 Å². The molecule has 2 heterocycles. The standard InChI is InChI=1S/C11H16N4O/c16-11-14-6-8-15(11)7-5-13-9-10-1-3-12-4-2-10/h1-4,13H,5-9H2,(H,14,16). The maximum absolute atomic E-state index is 11.2. The summed E-state index contributed by atoms with van der Waals surface area (Å²) in [5.41, 5.74) is 1.21. The molecule has 0 spiro atoms. The number of rotatable bonds is 5. The number of nitrogens with one attached hydrogen (secondary N) is 2. The van der Waals surface area contributed by atoms with E-state index in [1.54, 1.807) is 12.4 Å². The molecule has 2 amide bonds. The number of hydrogen-bond acceptors (Lipinski definition) is 3. The lowest BCUT2D eigenvalue weighted by atomic mass is 10.3. The summed E-state index contributed by atoms with van der Waals surface area (Å²) >= 11 is 0. The summed E-state index contributed by atoms with van der Waals surface area (Å²) in [6, 6.07) is 4.01. The van der Waals surface area contributed by atoms with Crippen molar-refractivity contribution in [2.24, 2.45) is 0 Å². The quantitative estimate of drug-likeness (QED) is 0.697. The first-order valence-corrected chi connectivity index (χ1v) is 5.48. The van der Waals surface area contributed by atoms with Crippen molar-refractivity contribution in [2.45, 2.75) is 6.54 Å². The number of carbonyl (C=O) groups excluding carboxylic acids is 1. The van der Waals surface area contributed by atoms with E-state index in [-0.39, 0.29) is 6.03 Å². The molecule has 5 heteroatoms. The van der Waals surface area contributed by atoms with Crippen molar-refractivity contribution >= 4 is 6.03 Å². The summed E-state index contributed by atoms with van der Waals surface area (Å²) in [5.74, 6) is 0. The summed E-state index contributed by atoms with van der Waals surface area (Å²) in [6.45, 7) is 3.98. The smallest absolute Gasteiger partial charge is 0.317 e. The molecule has 1 aromatic rings. The summed E-state index contributed by atoms with van der Waals surface area (Å²) in [6.07, 6.45) is 3.57. The predicted octanol–water partition coefficient (Wildman–Crippen LogP) is 0.196. The highest BCUT2D eigenvalue weighted by molar-refractivity contribution is 5.76. The van der Waals surface area contributed by atoms with Crippen LogP contribution in [0, 0.1) is 0 Å². The molecule has 1 saturated heterocycles. The Morgan fingerprint density at radius 2 is 2.25 bits per heavy atom. The summed E-state index contributed by atoms with van der Waals surface area (Å²) < 4.78 is 0. The van der Waals surface area contributed by atoms with Gasteiger partial charge in [0.1, 0.15) is 0 Å². The van der Waals surface area contributed by atoms with Crippen LogP contribution in [-0.2, 0) is 6.54 Å². The third-order valence-corrected chi connectivity index (χ3v) is 2.58. The van der Waals surface area contributed by atoms with Gasteiger partial charge in [0.15, 0.2) is 0 Å². The third-order valence-electron chi connectivity index (χ3n) is 2.58. The van der Waals surface area contributed by atoms with Gasteiger partial charge in [-0.1, -0.05) is 0 Å². The highest BCUT2D eigenvalue weighted by atomic mass is 16.2. The van der Waals surface area contributed by atoms with E-state index in [2.05, 4.69) is 15.6 Å². The van der Waals surface area contributed by atoms with Gasteiger partial charge in [-0.3, -0.25) is 4.98 Å². The van der Waals surface area contributed by atoms with Crippen LogP contribution < -0.4 is 10.6 Å². The van der Waals surface area contributed by atoms with E-state index in [0.29, 0.717) is 0 Å². The minimum atomic E-state index is 0.0470. The lowest BCUT2D eigenvalue weighted by molar-refractivity contribution is 0.217. The molecular weight excluding hydrogens is 204 g/mol. The molecule has 5 nitrogen and oxygen atoms in total. The van der Waals surface area contributed by atoms with Crippen molar-refractivity contribution in [3.63, 3.8) is 0 Å². The first kappa shape index (κ1) is 10.9. The molecule has 1 aromatic heterocycles. The van der Waals surface area contributed by atoms with Gasteiger partial charge in [-0.2, -0.15) is 0 Å². The van der Waals surface area contributed by atoms with E-state index >= 15 is 0 Å². The molecule has 16 heavy (non-hydrogen) atoms. The van der Waals surface area contributed by atoms with Crippen LogP contribution in [0.3, 0.4) is 0 Å². The number of urea groups is 1. The maximum atomic E-state index is 11.2. The number of amides is 2. The van der Waals surface area contributed by atoms with Crippen LogP contribution in [0.4, 0.5) is 4.79 Å². The Bertz CT molecular complexity index is 341. The molecule has 0 radical (unpaired) electrons. The van der Waals surface area contributed by atoms with Gasteiger partial charge in [0.2, 0.25) is 0 Å². The summed E-state index contributed by atoms with van der Waals surface area (Å²) in [4.78, 5) is 17.0. The van der Waals surface area contributed by atoms with Gasteiger partial charge in [0, 0.05) is 45.1 Å². The molecule has 1 aliphatic rings. The first-order valence-electron chi connectivity index (χ1n) is 5.48. The molecule has 0 bridgehead atoms. The number of carbonyl (C=O) groups is 1. The lowest BCUT2D eigenvalue weighted by Gasteiger charge is -2.14. The minimum absolute atomic E-state index is 0.0470. The highest BCUT2D eigenvalue weighted by Gasteiger charge is 2.17. The zero-order chi connectivity index (χ0) is 11.2. The maximum Gasteiger partial charge on any atom is 0.317 e. The molecule has 2 rings (SSSR count). The van der Waals surface area contributed by atoms with E-state index < -0.39 is 0 Å². The molecule has 1 fully saturated rings. The summed E-state index contributed by atoms with van der Waals surface area (Å²) in [7, 11) is 0. The number of aromatic nitrogens is 1. The van der Waals surface area contributed by atoms with Crippen LogP contribution >= 0.6 is 0 Å². The largest absolute Gasteiger partial charge is 0.336 e. The second kappa shape index (κ2) is 5.46. The lowest BCUT2D eigenvalue weighted by Crippen LogP contribution is -2.34. The van der Waals surface area contributed by atoms with Gasteiger partial charge in [0.25, 0.3) is 0 Å². The van der Waals surface area contributed by atoms with Crippen LogP contribution in [0.2, 0.25) is 0 Å². The summed E-state index contributed by atoms with van der Waals surface area (Å²) in [5, 5.41) is 6.08. The number of hydrogen-bond donors (Lipinski definition) is 2. The zero-order valence-corrected chi connectivity index (χ0v) is 9.15. The van der Waals surface area contributed by atoms with Crippen LogP contribution in [0.15, 0.2) is 24.5 Å². The monoisotopic (exact) mass is 220 g/mol. The molecule has 0 atom stereocenters. The Labute approximate surface area is 94.9 Å². The van der Waals surface area contributed by atoms with Crippen molar-refractivity contribution in [1.29, 1.82) is 0 Å². The molecule has 86 valence electrons. The fraction of sp³-hybridized carbons (Fsp3) is 0.455. The Hall–Kier alpha value is -1.62. The number of nitrogens with zero attached hydrogens (tertiary/aromatic N) is 2. The van der Waals surface area contributed by atoms with Crippen LogP contribution in [0.1, 0.15) is 5.56 Å². The van der Waals surface area contributed by atoms with Crippen LogP contribution in [0.25, 0.3) is 0 Å². The van der Waals surface area contributed by atoms with Crippen molar-refractivity contribution in [1.82, 2.24) is 20.5 Å². The van der Waals surface area contributed by atoms with Crippen molar-refractivity contribution in [3.05, 3.63) is 30.1 Å². The molecular formula is C11H16N4O. The Morgan fingerprint density at radius 3 is 2.94 bits per heavy atom. The molecule has 0 saturated carbocycles. The predicted molar refractivity (Wildman–Crippen MR) is 60.9 cm³/mol. The van der Waals surface area contributed by atoms with E-state index in [0.717, 1.165) is 32.7 Å². The zero-order valence-electron chi connectivity index (χ0n) is 9.15. The third kappa shape index (κ3) is 2.93. The Kier molecular flexibility index (Phi) is 3.71. The van der Waals surface area contributed by atoms with Gasteiger partial charge in [-0.25, -0.2) is 4.79 Å². The molecule has 0 aliphatic carbocycles. The molecule has 0 unspecified atom stereocenters. The van der Waals surface area contributed by atoms with Gasteiger partial charge in [-0.05, 0) is 17.7 Å². The topological polar surface area (TPSA) is 57.3 Å². The minimum Gasteiger partial charge on any atom is -0.336 e. The average Bonchev–Trinajstić information content (AvgIpc) is 2.72. The van der Waals surface area contributed by atoms with E-state index in [4.69, 9.17) is 0 Å². The Balaban J connectivity index is 1.64. The van der Waals surface area contributed by atoms with Crippen LogP contribution in [0.5, 0.6) is 0 Å². The first-order chi connectivity index (χ1) is 7.86. The van der Waals surface area contributed by atoms with E-state index in [9.17, 15) is 4.79 Å². The SMILES string of the molecule is O=C1NCCN1CCNCc1ccncc1. The van der Waals surface area contributed by atoms with Gasteiger partial charge in [-0.15, -0.1) is 0 Å². The normalized spacial score (nSPS) is 15.2. The fourth-order valence-corrected chi connectivity index (χ4v) is 1.67. The number of pyridine rings is 1. The van der Waals surface area contributed by atoms with E-state index in [1.807, 2.05) is 17.0 Å². The second-order valence-electron chi connectivity index (χ2n) is 3.75. The molecule has 0 aromatic carbocycles. The fourth-order valence-electron chi connectivity index (χ4n) is 1.67. The van der Waals surface area contributed by atoms with Crippen molar-refractivity contribution in [3.8, 4) is 0 Å². The average molecular weight is 220 g/mol. The van der Waals surface area contributed by atoms with Gasteiger partial charge in [0.05, 0.1) is 0 Å². The highest BCUT2D eigenvalue weighted by Crippen LogP contribution is 1.96. The second-order valence-corrected chi connectivity index (χ2v) is 3.75. The Morgan fingerprint density at radius 1 is 1.44 bits per heavy atom. The van der Waals surface area contributed by atoms with Crippen molar-refractivity contribution < 1.29 is 4.79 Å². The van der Waals surface area contributed by atoms with Gasteiger partial charge < -0.3 is 15.5 Å². The van der Waals surface area contributed by atoms with Gasteiger partial charge >= 0.3 is 6.03 Å². The molecule has 2 N–H and O–H groups in total. The van der Waals surface area contributed by atoms with Crippen molar-refractivity contribution in [2.75, 3.05) is 26.2 Å². The molecule has 1 aliphatic heterocycles. The van der Waals surface area contributed by atoms with E-state index in [1.165, 1.54) is 5.56 Å².